The van der Waals surface area contributed by atoms with Gasteiger partial charge in [-0.25, -0.2) is 0 Å². The molecule has 0 spiro atoms. The van der Waals surface area contributed by atoms with E-state index in [-0.39, 0.29) is 0 Å². The third-order valence-electron chi connectivity index (χ3n) is 2.61. The summed E-state index contributed by atoms with van der Waals surface area (Å²) in [5, 5.41) is 2.45. The molecule has 1 heteroatoms. The van der Waals surface area contributed by atoms with Gasteiger partial charge >= 0.3 is 0 Å². The maximum atomic E-state index is 5.93. The smallest absolute Gasteiger partial charge is 0.0393 e. The minimum Gasteiger partial charge on any atom is -0.398 e. The summed E-state index contributed by atoms with van der Waals surface area (Å²) in [5.74, 6) is 0.542. The molecule has 0 radical (unpaired) electrons. The molecule has 0 aromatic heterocycles. The standard InChI is InChI=1S/C13H15N/c1-9(2)10-5-3-7-12-11(10)6-4-8-13(12)14/h3-9H,14H2,1-2H3. The predicted molar refractivity (Wildman–Crippen MR) is 62.4 cm³/mol. The van der Waals surface area contributed by atoms with Crippen LogP contribution < -0.4 is 5.73 Å². The van der Waals surface area contributed by atoms with Crippen LogP contribution in [-0.2, 0) is 0 Å². The highest BCUT2D eigenvalue weighted by Crippen LogP contribution is 2.28. The third kappa shape index (κ3) is 1.35. The van der Waals surface area contributed by atoms with Gasteiger partial charge in [-0.15, -0.1) is 0 Å². The van der Waals surface area contributed by atoms with E-state index in [1.54, 1.807) is 0 Å². The van der Waals surface area contributed by atoms with Gasteiger partial charge in [0.1, 0.15) is 0 Å². The molecule has 0 amide bonds. The van der Waals surface area contributed by atoms with Crippen molar-refractivity contribution in [3.05, 3.63) is 42.0 Å². The Morgan fingerprint density at radius 1 is 0.929 bits per heavy atom. The third-order valence-corrected chi connectivity index (χ3v) is 2.61. The second-order valence-corrected chi connectivity index (χ2v) is 3.94. The molecule has 2 aromatic rings. The molecule has 2 aromatic carbocycles. The number of nitrogens with two attached hydrogens (primary N) is 1. The number of hydrogen-bond acceptors (Lipinski definition) is 1. The topological polar surface area (TPSA) is 26.0 Å². The van der Waals surface area contributed by atoms with Crippen LogP contribution in [0.5, 0.6) is 0 Å². The molecule has 0 atom stereocenters. The molecule has 0 saturated carbocycles. The molecule has 0 aliphatic rings. The van der Waals surface area contributed by atoms with E-state index in [0.717, 1.165) is 5.69 Å². The summed E-state index contributed by atoms with van der Waals surface area (Å²) < 4.78 is 0. The van der Waals surface area contributed by atoms with E-state index >= 15 is 0 Å². The van der Waals surface area contributed by atoms with Crippen molar-refractivity contribution in [1.29, 1.82) is 0 Å². The number of anilines is 1. The predicted octanol–water partition coefficient (Wildman–Crippen LogP) is 3.55. The molecule has 0 fully saturated rings. The summed E-state index contributed by atoms with van der Waals surface area (Å²) >= 11 is 0. The highest BCUT2D eigenvalue weighted by Gasteiger charge is 2.05. The number of rotatable bonds is 1. The number of nitrogen functional groups attached to an aromatic ring is 1. The Hall–Kier alpha value is -1.50. The normalized spacial score (nSPS) is 11.1. The van der Waals surface area contributed by atoms with Crippen LogP contribution in [0.4, 0.5) is 5.69 Å². The molecule has 0 unspecified atom stereocenters. The van der Waals surface area contributed by atoms with Crippen molar-refractivity contribution < 1.29 is 0 Å². The summed E-state index contributed by atoms with van der Waals surface area (Å²) in [4.78, 5) is 0. The molecule has 0 saturated heterocycles. The van der Waals surface area contributed by atoms with Gasteiger partial charge in [0.15, 0.2) is 0 Å². The van der Waals surface area contributed by atoms with Crippen molar-refractivity contribution in [3.63, 3.8) is 0 Å². The lowest BCUT2D eigenvalue weighted by Crippen LogP contribution is -1.92. The zero-order valence-corrected chi connectivity index (χ0v) is 8.62. The van der Waals surface area contributed by atoms with Crippen LogP contribution in [-0.4, -0.2) is 0 Å². The maximum absolute atomic E-state index is 5.93. The van der Waals surface area contributed by atoms with E-state index in [9.17, 15) is 0 Å². The van der Waals surface area contributed by atoms with Gasteiger partial charge in [-0.1, -0.05) is 44.2 Å². The molecule has 72 valence electrons. The maximum Gasteiger partial charge on any atom is 0.0393 e. The Morgan fingerprint density at radius 2 is 1.57 bits per heavy atom. The fraction of sp³-hybridized carbons (Fsp3) is 0.231. The van der Waals surface area contributed by atoms with Gasteiger partial charge in [0.25, 0.3) is 0 Å². The number of hydrogen-bond donors (Lipinski definition) is 1. The minimum absolute atomic E-state index is 0.542. The Labute approximate surface area is 84.5 Å². The van der Waals surface area contributed by atoms with E-state index in [1.165, 1.54) is 16.3 Å². The lowest BCUT2D eigenvalue weighted by Gasteiger charge is -2.10. The monoisotopic (exact) mass is 185 g/mol. The van der Waals surface area contributed by atoms with Gasteiger partial charge in [0, 0.05) is 11.1 Å². The van der Waals surface area contributed by atoms with Crippen molar-refractivity contribution in [3.8, 4) is 0 Å². The summed E-state index contributed by atoms with van der Waals surface area (Å²) in [6, 6.07) is 12.4. The molecule has 0 aliphatic carbocycles. The van der Waals surface area contributed by atoms with Gasteiger partial charge in [-0.2, -0.15) is 0 Å². The average molecular weight is 185 g/mol. The van der Waals surface area contributed by atoms with Gasteiger partial charge in [-0.05, 0) is 22.9 Å². The lowest BCUT2D eigenvalue weighted by molar-refractivity contribution is 0.876. The van der Waals surface area contributed by atoms with E-state index in [1.807, 2.05) is 12.1 Å². The second kappa shape index (κ2) is 3.33. The molecular weight excluding hydrogens is 170 g/mol. The van der Waals surface area contributed by atoms with E-state index in [4.69, 9.17) is 5.73 Å². The first kappa shape index (κ1) is 9.07. The number of fused-ring (bicyclic) bond motifs is 1. The van der Waals surface area contributed by atoms with E-state index in [2.05, 4.69) is 38.1 Å². The van der Waals surface area contributed by atoms with E-state index < -0.39 is 0 Å². The Kier molecular flexibility index (Phi) is 2.16. The van der Waals surface area contributed by atoms with Gasteiger partial charge < -0.3 is 5.73 Å². The largest absolute Gasteiger partial charge is 0.398 e. The molecule has 0 heterocycles. The van der Waals surface area contributed by atoms with Crippen molar-refractivity contribution in [2.75, 3.05) is 5.73 Å². The minimum atomic E-state index is 0.542. The van der Waals surface area contributed by atoms with Crippen LogP contribution in [0, 0.1) is 0 Å². The van der Waals surface area contributed by atoms with Gasteiger partial charge in [0.05, 0.1) is 0 Å². The van der Waals surface area contributed by atoms with Crippen LogP contribution in [0.15, 0.2) is 36.4 Å². The highest BCUT2D eigenvalue weighted by atomic mass is 14.5. The van der Waals surface area contributed by atoms with Crippen LogP contribution in [0.1, 0.15) is 25.3 Å². The summed E-state index contributed by atoms with van der Waals surface area (Å²) in [7, 11) is 0. The average Bonchev–Trinajstić information content (AvgIpc) is 2.17. The second-order valence-electron chi connectivity index (χ2n) is 3.94. The van der Waals surface area contributed by atoms with Gasteiger partial charge in [0.2, 0.25) is 0 Å². The summed E-state index contributed by atoms with van der Waals surface area (Å²) in [6.07, 6.45) is 0. The summed E-state index contributed by atoms with van der Waals surface area (Å²) in [5.41, 5.74) is 8.16. The molecule has 0 bridgehead atoms. The van der Waals surface area contributed by atoms with Crippen LogP contribution in [0.3, 0.4) is 0 Å². The quantitative estimate of drug-likeness (QED) is 0.675. The molecule has 2 rings (SSSR count). The fourth-order valence-corrected chi connectivity index (χ4v) is 1.86. The van der Waals surface area contributed by atoms with E-state index in [0.29, 0.717) is 5.92 Å². The zero-order chi connectivity index (χ0) is 10.1. The molecular formula is C13H15N. The van der Waals surface area contributed by atoms with Crippen molar-refractivity contribution in [1.82, 2.24) is 0 Å². The first-order valence-electron chi connectivity index (χ1n) is 4.97. The van der Waals surface area contributed by atoms with Crippen LogP contribution in [0.2, 0.25) is 0 Å². The molecule has 1 nitrogen and oxygen atoms in total. The Balaban J connectivity index is 2.81. The zero-order valence-electron chi connectivity index (χ0n) is 8.62. The van der Waals surface area contributed by atoms with Crippen LogP contribution >= 0.6 is 0 Å². The molecule has 0 aliphatic heterocycles. The van der Waals surface area contributed by atoms with Crippen molar-refractivity contribution >= 4 is 16.5 Å². The van der Waals surface area contributed by atoms with Crippen molar-refractivity contribution in [2.24, 2.45) is 0 Å². The van der Waals surface area contributed by atoms with Crippen molar-refractivity contribution in [2.45, 2.75) is 19.8 Å². The first-order chi connectivity index (χ1) is 6.70. The molecule has 2 N–H and O–H groups in total. The summed E-state index contributed by atoms with van der Waals surface area (Å²) in [6.45, 7) is 4.41. The highest BCUT2D eigenvalue weighted by molar-refractivity contribution is 5.95. The fourth-order valence-electron chi connectivity index (χ4n) is 1.86. The first-order valence-corrected chi connectivity index (χ1v) is 4.97. The van der Waals surface area contributed by atoms with Crippen LogP contribution in [0.25, 0.3) is 10.8 Å². The lowest BCUT2D eigenvalue weighted by atomic mass is 9.95. The van der Waals surface area contributed by atoms with Gasteiger partial charge in [-0.3, -0.25) is 0 Å². The Bertz CT molecular complexity index is 458. The molecule has 14 heavy (non-hydrogen) atoms. The SMILES string of the molecule is CC(C)c1cccc2c(N)cccc12. The number of benzene rings is 2. The Morgan fingerprint density at radius 3 is 2.29 bits per heavy atom.